The van der Waals surface area contributed by atoms with E-state index in [0.29, 0.717) is 0 Å². The predicted octanol–water partition coefficient (Wildman–Crippen LogP) is -8.34. The van der Waals surface area contributed by atoms with Crippen molar-refractivity contribution in [3.63, 3.8) is 0 Å². The summed E-state index contributed by atoms with van der Waals surface area (Å²) in [7, 11) is 4.56. The van der Waals surface area contributed by atoms with Gasteiger partial charge in [0.1, 0.15) is 0 Å². The maximum atomic E-state index is 9.34. The van der Waals surface area contributed by atoms with Gasteiger partial charge in [-0.25, -0.2) is 0 Å². The molecule has 12 heteroatoms. The van der Waals surface area contributed by atoms with Crippen LogP contribution in [0.15, 0.2) is 0 Å². The maximum absolute atomic E-state index is 9.34. The number of aliphatic hydroxyl groups is 3. The molecule has 0 aliphatic carbocycles. The molecule has 3 N–H and O–H groups in total. The Bertz CT molecular complexity index is 231. The summed E-state index contributed by atoms with van der Waals surface area (Å²) in [4.78, 5) is 28.0. The molecule has 0 aliphatic heterocycles. The van der Waals surface area contributed by atoms with Gasteiger partial charge in [-0.2, -0.15) is 0 Å². The van der Waals surface area contributed by atoms with Crippen molar-refractivity contribution in [3.8, 4) is 0 Å². The summed E-state index contributed by atoms with van der Waals surface area (Å²) < 4.78 is 0. The van der Waals surface area contributed by atoms with Crippen LogP contribution in [0.3, 0.4) is 0 Å². The Morgan fingerprint density at radius 1 is 0.762 bits per heavy atom. The molecule has 9 nitrogen and oxygen atoms in total. The zero-order chi connectivity index (χ0) is 17.5. The van der Waals surface area contributed by atoms with Crippen molar-refractivity contribution in [3.05, 3.63) is 0 Å². The smallest absolute Gasteiger partial charge is 1.00 e. The van der Waals surface area contributed by atoms with Gasteiger partial charge in [0.15, 0.2) is 0 Å². The fourth-order valence-corrected chi connectivity index (χ4v) is 0. The minimum Gasteiger partial charge on any atom is 1.00 e. The molecule has 0 spiro atoms. The van der Waals surface area contributed by atoms with Gasteiger partial charge in [-0.1, -0.05) is 0 Å². The molecule has 0 bridgehead atoms. The summed E-state index contributed by atoms with van der Waals surface area (Å²) in [6.07, 6.45) is -4.03. The first-order valence-electron chi connectivity index (χ1n) is 4.82. The van der Waals surface area contributed by atoms with Crippen LogP contribution < -0.4 is 44.9 Å². The Kier molecular flexibility index (Phi) is 35.1. The Labute approximate surface area is 156 Å². The Morgan fingerprint density at radius 3 is 0.810 bits per heavy atom. The molecule has 0 aromatic heterocycles. The zero-order valence-electron chi connectivity index (χ0n) is 12.0. The topological polar surface area (TPSA) is 181 Å². The fourth-order valence-electron chi connectivity index (χ4n) is 0. The third-order valence-corrected chi connectivity index (χ3v) is 1.02. The molecule has 0 saturated carbocycles. The molecule has 3 unspecified atom stereocenters. The summed E-state index contributed by atoms with van der Waals surface area (Å²) >= 11 is 1.89. The van der Waals surface area contributed by atoms with Crippen LogP contribution in [0, 0.1) is 0 Å². The molecule has 0 aromatic carbocycles. The summed E-state index contributed by atoms with van der Waals surface area (Å²) in [5.74, 6) is -4.31. The molecule has 116 valence electrons. The van der Waals surface area contributed by atoms with Crippen molar-refractivity contribution in [2.75, 3.05) is 0 Å². The van der Waals surface area contributed by atoms with Crippen molar-refractivity contribution in [1.82, 2.24) is 0 Å². The average molecular weight is 353 g/mol. The number of carboxylic acids is 3. The van der Waals surface area contributed by atoms with Crippen molar-refractivity contribution in [1.29, 1.82) is 0 Å². The second kappa shape index (κ2) is 22.4. The minimum atomic E-state index is -1.44. The SMILES string of the molecule is CC(O)C(=O)[O-].CC(O)C(=O)[O-].CC(O)C(=O)[O-].[Al+2][Cl].[Na+]. The number of aliphatic carboxylic acids is 3. The maximum Gasteiger partial charge on any atom is 1.00 e. The van der Waals surface area contributed by atoms with Crippen molar-refractivity contribution >= 4 is 43.3 Å². The molecule has 0 saturated heterocycles. The number of hydrogen-bond donors (Lipinski definition) is 3. The molecule has 0 rings (SSSR count). The van der Waals surface area contributed by atoms with Gasteiger partial charge in [-0.05, 0) is 20.8 Å². The summed E-state index contributed by atoms with van der Waals surface area (Å²) in [5, 5.41) is 51.9. The van der Waals surface area contributed by atoms with E-state index in [1.165, 1.54) is 0 Å². The first kappa shape index (κ1) is 32.9. The van der Waals surface area contributed by atoms with Crippen molar-refractivity contribution < 1.29 is 74.6 Å². The van der Waals surface area contributed by atoms with Crippen LogP contribution >= 0.6 is 10.0 Å². The van der Waals surface area contributed by atoms with Gasteiger partial charge in [0.25, 0.3) is 0 Å². The minimum absolute atomic E-state index is 0. The number of hydrogen-bond acceptors (Lipinski definition) is 9. The van der Waals surface area contributed by atoms with Gasteiger partial charge in [0.05, 0.1) is 36.2 Å². The Hall–Kier alpha value is 0.112. The van der Waals surface area contributed by atoms with Crippen LogP contribution in [0.5, 0.6) is 0 Å². The summed E-state index contributed by atoms with van der Waals surface area (Å²) in [6.45, 7) is 3.40. The monoisotopic (exact) mass is 352 g/mol. The zero-order valence-corrected chi connectivity index (χ0v) is 15.9. The van der Waals surface area contributed by atoms with E-state index in [2.05, 4.69) is 10.0 Å². The molecule has 0 radical (unpaired) electrons. The number of halogens is 1. The molecule has 0 heterocycles. The number of carbonyl (C=O) groups is 3. The van der Waals surface area contributed by atoms with E-state index in [-0.39, 0.29) is 29.6 Å². The van der Waals surface area contributed by atoms with E-state index in [9.17, 15) is 29.7 Å². The largest absolute Gasteiger partial charge is 1.00 e. The Morgan fingerprint density at radius 2 is 0.810 bits per heavy atom. The van der Waals surface area contributed by atoms with E-state index in [1.54, 1.807) is 0 Å². The van der Waals surface area contributed by atoms with E-state index < -0.39 is 36.2 Å². The third-order valence-electron chi connectivity index (χ3n) is 1.02. The van der Waals surface area contributed by atoms with E-state index in [4.69, 9.17) is 15.3 Å². The van der Waals surface area contributed by atoms with Crippen LogP contribution in [-0.2, 0) is 14.4 Å². The van der Waals surface area contributed by atoms with Gasteiger partial charge in [0.2, 0.25) is 0 Å². The molecule has 0 aliphatic rings. The number of carboxylic acid groups (broad SMARTS) is 3. The molecular formula is C9H15AlClNaO9. The van der Waals surface area contributed by atoms with Gasteiger partial charge in [-0.3, -0.25) is 0 Å². The van der Waals surface area contributed by atoms with Gasteiger partial charge in [-0.15, -0.1) is 0 Å². The summed E-state index contributed by atoms with van der Waals surface area (Å²) in [6, 6.07) is 0. The van der Waals surface area contributed by atoms with Crippen LogP contribution in [0.2, 0.25) is 0 Å². The van der Waals surface area contributed by atoms with Gasteiger partial charge >= 0.3 is 55.0 Å². The van der Waals surface area contributed by atoms with Crippen LogP contribution in [-0.4, -0.2) is 66.9 Å². The molecule has 3 atom stereocenters. The van der Waals surface area contributed by atoms with E-state index in [0.717, 1.165) is 20.8 Å². The number of rotatable bonds is 3. The first-order chi connectivity index (χ1) is 8.93. The average Bonchev–Trinajstić information content (AvgIpc) is 2.32. The fraction of sp³-hybridized carbons (Fsp3) is 0.667. The van der Waals surface area contributed by atoms with Crippen LogP contribution in [0.25, 0.3) is 0 Å². The predicted molar refractivity (Wildman–Crippen MR) is 61.7 cm³/mol. The second-order valence-electron chi connectivity index (χ2n) is 2.99. The third kappa shape index (κ3) is 45.0. The molecule has 0 fully saturated rings. The molecular weight excluding hydrogens is 338 g/mol. The molecule has 21 heavy (non-hydrogen) atoms. The van der Waals surface area contributed by atoms with E-state index in [1.807, 2.05) is 15.4 Å². The van der Waals surface area contributed by atoms with Gasteiger partial charge < -0.3 is 45.0 Å². The number of aliphatic hydroxyl groups excluding tert-OH is 3. The van der Waals surface area contributed by atoms with Gasteiger partial charge in [0, 0.05) is 0 Å². The first-order valence-corrected chi connectivity index (χ1v) is 6.56. The number of carbonyl (C=O) groups excluding carboxylic acids is 3. The van der Waals surface area contributed by atoms with Crippen LogP contribution in [0.1, 0.15) is 20.8 Å². The van der Waals surface area contributed by atoms with Crippen LogP contribution in [0.4, 0.5) is 0 Å². The van der Waals surface area contributed by atoms with E-state index >= 15 is 0 Å². The molecule has 0 aromatic rings. The standard InChI is InChI=1S/3C3H6O3.Al.ClH.Na/c3*1-2(4)3(5)6;;;/h3*2,4H,1H3,(H,5,6);;1H;/q;;;+3;;+1/p-4. The normalized spacial score (nSPS) is 12.0. The Balaban J connectivity index is -0.0000000561. The van der Waals surface area contributed by atoms with Crippen molar-refractivity contribution in [2.45, 2.75) is 39.1 Å². The second-order valence-corrected chi connectivity index (χ2v) is 2.99. The molecule has 0 amide bonds. The summed E-state index contributed by atoms with van der Waals surface area (Å²) in [5.41, 5.74) is 0. The quantitative estimate of drug-likeness (QED) is 0.415. The van der Waals surface area contributed by atoms with Crippen molar-refractivity contribution in [2.24, 2.45) is 0 Å².